The lowest BCUT2D eigenvalue weighted by atomic mass is 10.1. The number of alkyl halides is 3. The lowest BCUT2D eigenvalue weighted by molar-refractivity contribution is 0.605. The van der Waals surface area contributed by atoms with Crippen LogP contribution in [0.1, 0.15) is 45.4 Å². The molecule has 12 heavy (non-hydrogen) atoms. The van der Waals surface area contributed by atoms with Gasteiger partial charge in [-0.2, -0.15) is 0 Å². The maximum atomic E-state index is 6.03. The van der Waals surface area contributed by atoms with Gasteiger partial charge in [0.05, 0.1) is 0 Å². The zero-order valence-electron chi connectivity index (χ0n) is 7.53. The van der Waals surface area contributed by atoms with Crippen molar-refractivity contribution in [2.24, 2.45) is 0 Å². The quantitative estimate of drug-likeness (QED) is 0.438. The van der Waals surface area contributed by atoms with Gasteiger partial charge in [-0.1, -0.05) is 26.2 Å². The first-order chi connectivity index (χ1) is 5.66. The smallest absolute Gasteiger partial charge is 0.107 e. The molecule has 0 fully saturated rings. The van der Waals surface area contributed by atoms with Gasteiger partial charge in [0.15, 0.2) is 0 Å². The van der Waals surface area contributed by atoms with Gasteiger partial charge in [0.25, 0.3) is 0 Å². The van der Waals surface area contributed by atoms with Gasteiger partial charge in [-0.3, -0.25) is 0 Å². The molecule has 0 aliphatic rings. The molecule has 0 saturated heterocycles. The van der Waals surface area contributed by atoms with Gasteiger partial charge in [-0.15, -0.1) is 34.8 Å². The van der Waals surface area contributed by atoms with Crippen molar-refractivity contribution in [3.63, 3.8) is 0 Å². The summed E-state index contributed by atoms with van der Waals surface area (Å²) < 4.78 is 0. The van der Waals surface area contributed by atoms with Crippen molar-refractivity contribution in [1.82, 2.24) is 0 Å². The summed E-state index contributed by atoms with van der Waals surface area (Å²) in [4.78, 5) is -0.204. The number of hydrogen-bond acceptors (Lipinski definition) is 0. The van der Waals surface area contributed by atoms with Crippen LogP contribution in [0.4, 0.5) is 0 Å². The van der Waals surface area contributed by atoms with Crippen LogP contribution in [0.2, 0.25) is 0 Å². The summed E-state index contributed by atoms with van der Waals surface area (Å²) in [6.07, 6.45) is 6.50. The summed E-state index contributed by atoms with van der Waals surface area (Å²) in [6, 6.07) is 0. The molecule has 0 rings (SSSR count). The van der Waals surface area contributed by atoms with E-state index in [0.29, 0.717) is 5.38 Å². The van der Waals surface area contributed by atoms with Crippen molar-refractivity contribution in [1.29, 1.82) is 0 Å². The van der Waals surface area contributed by atoms with E-state index < -0.39 is 0 Å². The maximum Gasteiger partial charge on any atom is 0.107 e. The predicted molar refractivity (Wildman–Crippen MR) is 58.5 cm³/mol. The highest BCUT2D eigenvalue weighted by molar-refractivity contribution is 6.44. The van der Waals surface area contributed by atoms with Crippen molar-refractivity contribution in [3.05, 3.63) is 0 Å². The molecule has 0 N–H and O–H groups in total. The Bertz CT molecular complexity index is 93.8. The van der Waals surface area contributed by atoms with Gasteiger partial charge in [0.1, 0.15) is 4.84 Å². The SMILES string of the molecule is CCCC(Cl)CCCCC(Cl)Cl. The Morgan fingerprint density at radius 2 is 1.50 bits per heavy atom. The van der Waals surface area contributed by atoms with Crippen molar-refractivity contribution in [2.45, 2.75) is 55.7 Å². The Morgan fingerprint density at radius 1 is 0.917 bits per heavy atom. The second kappa shape index (κ2) is 8.47. The van der Waals surface area contributed by atoms with Crippen molar-refractivity contribution >= 4 is 34.8 Å². The molecule has 0 spiro atoms. The largest absolute Gasteiger partial charge is 0.123 e. The topological polar surface area (TPSA) is 0 Å². The molecule has 0 nitrogen and oxygen atoms in total. The van der Waals surface area contributed by atoms with Crippen molar-refractivity contribution < 1.29 is 0 Å². The third kappa shape index (κ3) is 8.96. The third-order valence-corrected chi connectivity index (χ3v) is 2.66. The Labute approximate surface area is 90.6 Å². The molecule has 3 heteroatoms. The Morgan fingerprint density at radius 3 is 2.00 bits per heavy atom. The molecular formula is C9H17Cl3. The minimum absolute atomic E-state index is 0.204. The fourth-order valence-electron chi connectivity index (χ4n) is 1.12. The minimum Gasteiger partial charge on any atom is -0.123 e. The van der Waals surface area contributed by atoms with Crippen molar-refractivity contribution in [2.75, 3.05) is 0 Å². The second-order valence-electron chi connectivity index (χ2n) is 3.06. The minimum atomic E-state index is -0.204. The van der Waals surface area contributed by atoms with Gasteiger partial charge < -0.3 is 0 Å². The van der Waals surface area contributed by atoms with Crippen LogP contribution < -0.4 is 0 Å². The van der Waals surface area contributed by atoms with Crippen LogP contribution in [0, 0.1) is 0 Å². The standard InChI is InChI=1S/C9H17Cl3/c1-2-5-8(10)6-3-4-7-9(11)12/h8-9H,2-7H2,1H3. The van der Waals surface area contributed by atoms with E-state index in [9.17, 15) is 0 Å². The Balaban J connectivity index is 3.08. The van der Waals surface area contributed by atoms with Crippen LogP contribution in [-0.4, -0.2) is 10.2 Å². The number of halogens is 3. The average Bonchev–Trinajstić information content (AvgIpc) is 1.98. The van der Waals surface area contributed by atoms with Gasteiger partial charge in [-0.25, -0.2) is 0 Å². The fourth-order valence-corrected chi connectivity index (χ4v) is 1.80. The first-order valence-electron chi connectivity index (χ1n) is 4.59. The molecule has 0 aromatic rings. The Kier molecular flexibility index (Phi) is 9.08. The Hall–Kier alpha value is 0.870. The van der Waals surface area contributed by atoms with E-state index >= 15 is 0 Å². The third-order valence-electron chi connectivity index (χ3n) is 1.79. The number of hydrogen-bond donors (Lipinski definition) is 0. The first kappa shape index (κ1) is 12.9. The van der Waals surface area contributed by atoms with E-state index in [-0.39, 0.29) is 4.84 Å². The van der Waals surface area contributed by atoms with Crippen LogP contribution in [0.3, 0.4) is 0 Å². The van der Waals surface area contributed by atoms with E-state index in [0.717, 1.165) is 32.1 Å². The van der Waals surface area contributed by atoms with Gasteiger partial charge in [0.2, 0.25) is 0 Å². The summed E-state index contributed by atoms with van der Waals surface area (Å²) in [5.41, 5.74) is 0. The number of unbranched alkanes of at least 4 members (excludes halogenated alkanes) is 1. The molecule has 0 heterocycles. The molecule has 0 aromatic heterocycles. The molecule has 1 unspecified atom stereocenters. The van der Waals surface area contributed by atoms with E-state index in [1.165, 1.54) is 6.42 Å². The zero-order valence-corrected chi connectivity index (χ0v) is 9.80. The molecule has 0 amide bonds. The van der Waals surface area contributed by atoms with Gasteiger partial charge >= 0.3 is 0 Å². The molecule has 1 atom stereocenters. The van der Waals surface area contributed by atoms with E-state index in [1.807, 2.05) is 0 Å². The average molecular weight is 232 g/mol. The van der Waals surface area contributed by atoms with Crippen LogP contribution in [-0.2, 0) is 0 Å². The van der Waals surface area contributed by atoms with Crippen molar-refractivity contribution in [3.8, 4) is 0 Å². The molecule has 0 aliphatic carbocycles. The predicted octanol–water partition coefficient (Wildman–Crippen LogP) is 4.76. The van der Waals surface area contributed by atoms with Crippen LogP contribution in [0.15, 0.2) is 0 Å². The molecular weight excluding hydrogens is 214 g/mol. The molecule has 0 radical (unpaired) electrons. The molecule has 0 aliphatic heterocycles. The number of rotatable bonds is 7. The van der Waals surface area contributed by atoms with E-state index in [1.54, 1.807) is 0 Å². The summed E-state index contributed by atoms with van der Waals surface area (Å²) in [5, 5.41) is 0.346. The van der Waals surface area contributed by atoms with E-state index in [4.69, 9.17) is 34.8 Å². The summed E-state index contributed by atoms with van der Waals surface area (Å²) >= 11 is 17.2. The fraction of sp³-hybridized carbons (Fsp3) is 1.00. The van der Waals surface area contributed by atoms with Crippen LogP contribution in [0.25, 0.3) is 0 Å². The van der Waals surface area contributed by atoms with Crippen LogP contribution >= 0.6 is 34.8 Å². The molecule has 0 bridgehead atoms. The summed E-state index contributed by atoms with van der Waals surface area (Å²) in [5.74, 6) is 0. The molecule has 0 saturated carbocycles. The van der Waals surface area contributed by atoms with Gasteiger partial charge in [-0.05, 0) is 19.3 Å². The second-order valence-corrected chi connectivity index (χ2v) is 4.96. The summed E-state index contributed by atoms with van der Waals surface area (Å²) in [6.45, 7) is 2.16. The normalized spacial score (nSPS) is 13.8. The lowest BCUT2D eigenvalue weighted by Gasteiger charge is -2.07. The highest BCUT2D eigenvalue weighted by Crippen LogP contribution is 2.17. The molecule has 74 valence electrons. The molecule has 0 aromatic carbocycles. The maximum absolute atomic E-state index is 6.03. The van der Waals surface area contributed by atoms with E-state index in [2.05, 4.69) is 6.92 Å². The lowest BCUT2D eigenvalue weighted by Crippen LogP contribution is -1.98. The highest BCUT2D eigenvalue weighted by atomic mass is 35.5. The monoisotopic (exact) mass is 230 g/mol. The summed E-state index contributed by atoms with van der Waals surface area (Å²) in [7, 11) is 0. The zero-order chi connectivity index (χ0) is 9.40. The first-order valence-corrected chi connectivity index (χ1v) is 5.90. The van der Waals surface area contributed by atoms with Gasteiger partial charge in [0, 0.05) is 5.38 Å². The van der Waals surface area contributed by atoms with Crippen LogP contribution in [0.5, 0.6) is 0 Å². The highest BCUT2D eigenvalue weighted by Gasteiger charge is 2.03.